The molecule has 33 heavy (non-hydrogen) atoms. The summed E-state index contributed by atoms with van der Waals surface area (Å²) < 4.78 is 24.7. The Bertz CT molecular complexity index is 911. The van der Waals surface area contributed by atoms with Crippen LogP contribution >= 0.6 is 0 Å². The fourth-order valence-corrected chi connectivity index (χ4v) is 7.73. The maximum Gasteiger partial charge on any atom is 0.408 e. The molecular formula is C26H28O6Si. The smallest absolute Gasteiger partial charge is 0.408 e. The number of benzene rings is 2. The van der Waals surface area contributed by atoms with E-state index >= 15 is 0 Å². The SMILES string of the molecule is C=C[C@H](O[Si](O[C@@H](C=C)[C@@H]1CCC(=O)O1)(c1ccccc1)c1ccccc1)[C@@H]1CCC(=O)O1. The molecule has 0 aliphatic carbocycles. The number of esters is 2. The first-order valence-electron chi connectivity index (χ1n) is 11.2. The van der Waals surface area contributed by atoms with Crippen molar-refractivity contribution >= 4 is 30.9 Å². The minimum atomic E-state index is -3.42. The molecule has 4 rings (SSSR count). The Morgan fingerprint density at radius 3 is 1.45 bits per heavy atom. The molecule has 2 aliphatic rings. The highest BCUT2D eigenvalue weighted by Gasteiger charge is 2.49. The summed E-state index contributed by atoms with van der Waals surface area (Å²) in [6.45, 7) is 7.90. The number of rotatable bonds is 10. The second kappa shape index (κ2) is 10.3. The van der Waals surface area contributed by atoms with Gasteiger partial charge in [-0.2, -0.15) is 0 Å². The van der Waals surface area contributed by atoms with Crippen LogP contribution in [0.15, 0.2) is 86.0 Å². The van der Waals surface area contributed by atoms with Gasteiger partial charge in [-0.05, 0) is 23.2 Å². The number of ether oxygens (including phenoxy) is 2. The molecule has 2 aromatic carbocycles. The van der Waals surface area contributed by atoms with Crippen LogP contribution in [0.5, 0.6) is 0 Å². The molecule has 6 nitrogen and oxygen atoms in total. The number of carbonyl (C=O) groups is 2. The van der Waals surface area contributed by atoms with E-state index in [4.69, 9.17) is 18.3 Å². The maximum absolute atomic E-state index is 11.8. The van der Waals surface area contributed by atoms with Gasteiger partial charge in [-0.3, -0.25) is 9.59 Å². The van der Waals surface area contributed by atoms with Gasteiger partial charge in [-0.1, -0.05) is 72.8 Å². The molecule has 7 heteroatoms. The van der Waals surface area contributed by atoms with Crippen molar-refractivity contribution in [3.8, 4) is 0 Å². The van der Waals surface area contributed by atoms with E-state index in [0.717, 1.165) is 10.4 Å². The highest BCUT2D eigenvalue weighted by atomic mass is 28.4. The van der Waals surface area contributed by atoms with Gasteiger partial charge >= 0.3 is 20.5 Å². The van der Waals surface area contributed by atoms with E-state index in [0.29, 0.717) is 25.7 Å². The molecule has 2 saturated heterocycles. The normalized spacial score (nSPS) is 22.3. The Labute approximate surface area is 195 Å². The molecule has 172 valence electrons. The third kappa shape index (κ3) is 5.00. The highest BCUT2D eigenvalue weighted by molar-refractivity contribution is 6.92. The predicted molar refractivity (Wildman–Crippen MR) is 126 cm³/mol. The zero-order valence-electron chi connectivity index (χ0n) is 18.4. The summed E-state index contributed by atoms with van der Waals surface area (Å²) in [5.74, 6) is -0.491. The Hall–Kier alpha value is -3.00. The lowest BCUT2D eigenvalue weighted by Gasteiger charge is -2.38. The van der Waals surface area contributed by atoms with Gasteiger partial charge in [0.25, 0.3) is 0 Å². The molecule has 2 aromatic rings. The first-order valence-corrected chi connectivity index (χ1v) is 13.0. The van der Waals surface area contributed by atoms with Crippen LogP contribution in [-0.2, 0) is 27.9 Å². The standard InChI is InChI=1S/C26H28O6Si/c1-3-21(23-15-17-25(27)29-23)31-33(19-11-7-5-8-12-19,20-13-9-6-10-14-20)32-22(4-2)24-16-18-26(28)30-24/h3-14,21-24H,1-2,15-18H2/t21-,22-,23-,24-/m0/s1. The maximum atomic E-state index is 11.8. The van der Waals surface area contributed by atoms with E-state index in [1.807, 2.05) is 60.7 Å². The summed E-state index contributed by atoms with van der Waals surface area (Å²) in [5, 5.41) is 1.76. The highest BCUT2D eigenvalue weighted by Crippen LogP contribution is 2.27. The van der Waals surface area contributed by atoms with E-state index in [2.05, 4.69) is 13.2 Å². The van der Waals surface area contributed by atoms with Crippen molar-refractivity contribution < 1.29 is 27.9 Å². The van der Waals surface area contributed by atoms with Crippen molar-refractivity contribution in [2.45, 2.75) is 50.1 Å². The number of hydrogen-bond acceptors (Lipinski definition) is 6. The summed E-state index contributed by atoms with van der Waals surface area (Å²) in [4.78, 5) is 23.6. The second-order valence-corrected chi connectivity index (χ2v) is 11.0. The fourth-order valence-electron chi connectivity index (χ4n) is 4.27. The monoisotopic (exact) mass is 464 g/mol. The van der Waals surface area contributed by atoms with Crippen LogP contribution in [0.4, 0.5) is 0 Å². The average molecular weight is 465 g/mol. The van der Waals surface area contributed by atoms with Gasteiger partial charge in [0.2, 0.25) is 0 Å². The lowest BCUT2D eigenvalue weighted by molar-refractivity contribution is -0.144. The van der Waals surface area contributed by atoms with E-state index in [-0.39, 0.29) is 11.9 Å². The third-order valence-corrected chi connectivity index (χ3v) is 9.34. The zero-order valence-corrected chi connectivity index (χ0v) is 19.4. The van der Waals surface area contributed by atoms with Gasteiger partial charge in [-0.15, -0.1) is 13.2 Å². The van der Waals surface area contributed by atoms with Crippen LogP contribution in [-0.4, -0.2) is 44.9 Å². The summed E-state index contributed by atoms with van der Waals surface area (Å²) in [6.07, 6.45) is 3.10. The van der Waals surface area contributed by atoms with Crippen molar-refractivity contribution in [1.82, 2.24) is 0 Å². The fraction of sp³-hybridized carbons (Fsp3) is 0.308. The number of hydrogen-bond donors (Lipinski definition) is 0. The van der Waals surface area contributed by atoms with Crippen LogP contribution in [0.1, 0.15) is 25.7 Å². The Morgan fingerprint density at radius 2 is 1.15 bits per heavy atom. The molecule has 0 aromatic heterocycles. The zero-order chi connectivity index (χ0) is 23.3. The van der Waals surface area contributed by atoms with Crippen LogP contribution in [0.3, 0.4) is 0 Å². The molecule has 2 aliphatic heterocycles. The summed E-state index contributed by atoms with van der Waals surface area (Å²) in [7, 11) is -3.42. The summed E-state index contributed by atoms with van der Waals surface area (Å²) >= 11 is 0. The second-order valence-electron chi connectivity index (χ2n) is 8.12. The Balaban J connectivity index is 1.79. The summed E-state index contributed by atoms with van der Waals surface area (Å²) in [6, 6.07) is 19.5. The number of cyclic esters (lactones) is 2. The minimum Gasteiger partial charge on any atom is -0.459 e. The molecule has 0 unspecified atom stereocenters. The van der Waals surface area contributed by atoms with Gasteiger partial charge in [0.05, 0.1) is 0 Å². The molecule has 0 radical (unpaired) electrons. The quantitative estimate of drug-likeness (QED) is 0.306. The molecule has 0 bridgehead atoms. The van der Waals surface area contributed by atoms with Gasteiger partial charge in [0.1, 0.15) is 24.4 Å². The molecule has 2 heterocycles. The summed E-state index contributed by atoms with van der Waals surface area (Å²) in [5.41, 5.74) is 0. The average Bonchev–Trinajstić information content (AvgIpc) is 3.49. The molecule has 0 saturated carbocycles. The lowest BCUT2D eigenvalue weighted by Crippen LogP contribution is -2.67. The lowest BCUT2D eigenvalue weighted by atomic mass is 10.1. The van der Waals surface area contributed by atoms with Crippen molar-refractivity contribution in [3.63, 3.8) is 0 Å². The largest absolute Gasteiger partial charge is 0.459 e. The van der Waals surface area contributed by atoms with Gasteiger partial charge < -0.3 is 18.3 Å². The predicted octanol–water partition coefficient (Wildman–Crippen LogP) is 2.80. The first-order chi connectivity index (χ1) is 16.1. The Morgan fingerprint density at radius 1 is 0.758 bits per heavy atom. The molecule has 4 atom stereocenters. The molecule has 0 N–H and O–H groups in total. The van der Waals surface area contributed by atoms with Gasteiger partial charge in [0.15, 0.2) is 0 Å². The van der Waals surface area contributed by atoms with E-state index in [1.165, 1.54) is 0 Å². The van der Waals surface area contributed by atoms with E-state index < -0.39 is 33.0 Å². The van der Waals surface area contributed by atoms with Crippen molar-refractivity contribution in [3.05, 3.63) is 86.0 Å². The third-order valence-electron chi connectivity index (χ3n) is 5.94. The van der Waals surface area contributed by atoms with Crippen molar-refractivity contribution in [2.75, 3.05) is 0 Å². The van der Waals surface area contributed by atoms with Crippen LogP contribution in [0.2, 0.25) is 0 Å². The topological polar surface area (TPSA) is 71.1 Å². The van der Waals surface area contributed by atoms with E-state index in [1.54, 1.807) is 12.2 Å². The van der Waals surface area contributed by atoms with Gasteiger partial charge in [-0.25, -0.2) is 0 Å². The first kappa shape index (κ1) is 23.2. The molecular weight excluding hydrogens is 436 g/mol. The van der Waals surface area contributed by atoms with E-state index in [9.17, 15) is 9.59 Å². The molecule has 0 spiro atoms. The van der Waals surface area contributed by atoms with Crippen LogP contribution in [0, 0.1) is 0 Å². The van der Waals surface area contributed by atoms with Crippen molar-refractivity contribution in [1.29, 1.82) is 0 Å². The Kier molecular flexibility index (Phi) is 7.22. The van der Waals surface area contributed by atoms with Crippen molar-refractivity contribution in [2.24, 2.45) is 0 Å². The van der Waals surface area contributed by atoms with Gasteiger partial charge in [0, 0.05) is 12.8 Å². The van der Waals surface area contributed by atoms with Crippen LogP contribution < -0.4 is 10.4 Å². The van der Waals surface area contributed by atoms with Crippen LogP contribution in [0.25, 0.3) is 0 Å². The molecule has 0 amide bonds. The minimum absolute atomic E-state index is 0.245. The molecule has 2 fully saturated rings. The number of carbonyl (C=O) groups excluding carboxylic acids is 2.